The summed E-state index contributed by atoms with van der Waals surface area (Å²) in [5.74, 6) is 0. The minimum atomic E-state index is 0.0329. The summed E-state index contributed by atoms with van der Waals surface area (Å²) >= 11 is 0. The summed E-state index contributed by atoms with van der Waals surface area (Å²) < 4.78 is 0. The number of benzene rings is 2. The van der Waals surface area contributed by atoms with Crippen molar-refractivity contribution in [2.45, 2.75) is 12.3 Å². The standard InChI is InChI=1S/C14H13P/c1-2-8-14(9-3-1)15-10-12-6-4-5-7-13(12)11-15/h1-9H,10-11H2. The number of hydrogen-bond acceptors (Lipinski definition) is 0. The smallest absolute Gasteiger partial charge is 0.00269 e. The molecule has 0 aromatic heterocycles. The summed E-state index contributed by atoms with van der Waals surface area (Å²) in [5, 5.41) is 1.55. The summed E-state index contributed by atoms with van der Waals surface area (Å²) in [5.41, 5.74) is 3.12. The Bertz CT molecular complexity index is 437. The molecule has 0 spiro atoms. The van der Waals surface area contributed by atoms with Crippen molar-refractivity contribution in [3.8, 4) is 0 Å². The molecule has 0 nitrogen and oxygen atoms in total. The highest BCUT2D eigenvalue weighted by Gasteiger charge is 2.21. The van der Waals surface area contributed by atoms with Gasteiger partial charge in [0, 0.05) is 0 Å². The van der Waals surface area contributed by atoms with Crippen LogP contribution < -0.4 is 5.30 Å². The summed E-state index contributed by atoms with van der Waals surface area (Å²) in [4.78, 5) is 0. The molecule has 15 heavy (non-hydrogen) atoms. The maximum atomic E-state index is 2.28. The average molecular weight is 212 g/mol. The van der Waals surface area contributed by atoms with E-state index in [-0.39, 0.29) is 7.92 Å². The van der Waals surface area contributed by atoms with E-state index in [0.29, 0.717) is 0 Å². The van der Waals surface area contributed by atoms with Gasteiger partial charge in [-0.2, -0.15) is 0 Å². The van der Waals surface area contributed by atoms with Gasteiger partial charge >= 0.3 is 0 Å². The highest BCUT2D eigenvalue weighted by Crippen LogP contribution is 2.49. The maximum Gasteiger partial charge on any atom is -0.00269 e. The average Bonchev–Trinajstić information content (AvgIpc) is 2.74. The van der Waals surface area contributed by atoms with Crippen LogP contribution >= 0.6 is 7.92 Å². The van der Waals surface area contributed by atoms with Crippen LogP contribution in [0.1, 0.15) is 11.1 Å². The predicted octanol–water partition coefficient (Wildman–Crippen LogP) is 3.51. The molecule has 2 aromatic carbocycles. The Balaban J connectivity index is 1.91. The third-order valence-electron chi connectivity index (χ3n) is 2.96. The zero-order chi connectivity index (χ0) is 10.1. The summed E-state index contributed by atoms with van der Waals surface area (Å²) in [6.07, 6.45) is 2.55. The van der Waals surface area contributed by atoms with Crippen LogP contribution in [0.5, 0.6) is 0 Å². The molecule has 3 rings (SSSR count). The molecule has 2 aromatic rings. The van der Waals surface area contributed by atoms with E-state index >= 15 is 0 Å². The molecule has 1 heteroatoms. The van der Waals surface area contributed by atoms with Gasteiger partial charge in [0.05, 0.1) is 0 Å². The Morgan fingerprint density at radius 2 is 1.20 bits per heavy atom. The van der Waals surface area contributed by atoms with Crippen LogP contribution in [-0.4, -0.2) is 0 Å². The minimum Gasteiger partial charge on any atom is -0.0663 e. The van der Waals surface area contributed by atoms with Gasteiger partial charge in [0.15, 0.2) is 0 Å². The second-order valence-electron chi connectivity index (χ2n) is 3.96. The van der Waals surface area contributed by atoms with E-state index in [2.05, 4.69) is 54.6 Å². The molecule has 0 amide bonds. The molecule has 0 atom stereocenters. The summed E-state index contributed by atoms with van der Waals surface area (Å²) in [6.45, 7) is 0. The van der Waals surface area contributed by atoms with Crippen molar-refractivity contribution in [3.05, 3.63) is 65.7 Å². The van der Waals surface area contributed by atoms with E-state index < -0.39 is 0 Å². The molecule has 0 N–H and O–H groups in total. The van der Waals surface area contributed by atoms with Crippen molar-refractivity contribution in [2.75, 3.05) is 0 Å². The first-order chi connectivity index (χ1) is 7.43. The first-order valence-corrected chi connectivity index (χ1v) is 7.01. The van der Waals surface area contributed by atoms with Gasteiger partial charge in [0.2, 0.25) is 0 Å². The topological polar surface area (TPSA) is 0 Å². The molecule has 0 fully saturated rings. The van der Waals surface area contributed by atoms with Gasteiger partial charge in [-0.3, -0.25) is 0 Å². The largest absolute Gasteiger partial charge is 0.0663 e. The van der Waals surface area contributed by atoms with Crippen molar-refractivity contribution in [1.82, 2.24) is 0 Å². The van der Waals surface area contributed by atoms with Crippen molar-refractivity contribution in [3.63, 3.8) is 0 Å². The molecule has 1 heterocycles. The third kappa shape index (κ3) is 1.70. The Morgan fingerprint density at radius 1 is 0.667 bits per heavy atom. The fourth-order valence-corrected chi connectivity index (χ4v) is 4.66. The van der Waals surface area contributed by atoms with Crippen LogP contribution in [0, 0.1) is 0 Å². The van der Waals surface area contributed by atoms with Gasteiger partial charge in [-0.25, -0.2) is 0 Å². The molecule has 1 aliphatic heterocycles. The van der Waals surface area contributed by atoms with E-state index in [9.17, 15) is 0 Å². The van der Waals surface area contributed by atoms with Crippen LogP contribution in [0.4, 0.5) is 0 Å². The van der Waals surface area contributed by atoms with Crippen LogP contribution in [0.3, 0.4) is 0 Å². The van der Waals surface area contributed by atoms with Crippen LogP contribution in [0.2, 0.25) is 0 Å². The molecule has 0 saturated heterocycles. The van der Waals surface area contributed by atoms with E-state index in [1.807, 2.05) is 0 Å². The fourth-order valence-electron chi connectivity index (χ4n) is 2.15. The van der Waals surface area contributed by atoms with Crippen molar-refractivity contribution in [1.29, 1.82) is 0 Å². The predicted molar refractivity (Wildman–Crippen MR) is 66.8 cm³/mol. The van der Waals surface area contributed by atoms with Crippen molar-refractivity contribution < 1.29 is 0 Å². The zero-order valence-corrected chi connectivity index (χ0v) is 9.45. The van der Waals surface area contributed by atoms with Gasteiger partial charge in [0.25, 0.3) is 0 Å². The SMILES string of the molecule is c1ccc(P2Cc3ccccc3C2)cc1. The first-order valence-electron chi connectivity index (χ1n) is 5.30. The Hall–Kier alpha value is -1.13. The molecule has 0 radical (unpaired) electrons. The summed E-state index contributed by atoms with van der Waals surface area (Å²) in [7, 11) is 0.0329. The Labute approximate surface area is 91.7 Å². The quantitative estimate of drug-likeness (QED) is 0.634. The molecule has 0 bridgehead atoms. The first kappa shape index (κ1) is 9.12. The van der Waals surface area contributed by atoms with Gasteiger partial charge in [-0.1, -0.05) is 62.5 Å². The van der Waals surface area contributed by atoms with Gasteiger partial charge in [0.1, 0.15) is 0 Å². The lowest BCUT2D eigenvalue weighted by Crippen LogP contribution is -1.98. The van der Waals surface area contributed by atoms with Gasteiger partial charge < -0.3 is 0 Å². The highest BCUT2D eigenvalue weighted by molar-refractivity contribution is 7.64. The Morgan fingerprint density at radius 3 is 1.80 bits per heavy atom. The van der Waals surface area contributed by atoms with E-state index in [1.165, 1.54) is 12.3 Å². The van der Waals surface area contributed by atoms with E-state index in [4.69, 9.17) is 0 Å². The molecule has 74 valence electrons. The lowest BCUT2D eigenvalue weighted by molar-refractivity contribution is 1.35. The third-order valence-corrected chi connectivity index (χ3v) is 5.44. The lowest BCUT2D eigenvalue weighted by Gasteiger charge is -2.09. The number of rotatable bonds is 1. The van der Waals surface area contributed by atoms with Crippen molar-refractivity contribution >= 4 is 13.2 Å². The molecule has 0 aliphatic carbocycles. The van der Waals surface area contributed by atoms with Gasteiger partial charge in [-0.15, -0.1) is 0 Å². The normalized spacial score (nSPS) is 15.2. The molecular formula is C14H13P. The maximum absolute atomic E-state index is 2.28. The van der Waals surface area contributed by atoms with Crippen LogP contribution in [-0.2, 0) is 12.3 Å². The number of fused-ring (bicyclic) bond motifs is 1. The van der Waals surface area contributed by atoms with E-state index in [1.54, 1.807) is 16.4 Å². The number of hydrogen-bond donors (Lipinski definition) is 0. The highest BCUT2D eigenvalue weighted by atomic mass is 31.1. The minimum absolute atomic E-state index is 0.0329. The van der Waals surface area contributed by atoms with Crippen molar-refractivity contribution in [2.24, 2.45) is 0 Å². The molecule has 1 aliphatic rings. The monoisotopic (exact) mass is 212 g/mol. The van der Waals surface area contributed by atoms with E-state index in [0.717, 1.165) is 0 Å². The fraction of sp³-hybridized carbons (Fsp3) is 0.143. The molecular weight excluding hydrogens is 199 g/mol. The second-order valence-corrected chi connectivity index (χ2v) is 6.19. The van der Waals surface area contributed by atoms with Gasteiger partial charge in [-0.05, 0) is 28.8 Å². The zero-order valence-electron chi connectivity index (χ0n) is 8.56. The molecule has 0 unspecified atom stereocenters. The Kier molecular flexibility index (Phi) is 2.31. The second kappa shape index (κ2) is 3.79. The van der Waals surface area contributed by atoms with Crippen LogP contribution in [0.15, 0.2) is 54.6 Å². The van der Waals surface area contributed by atoms with Crippen LogP contribution in [0.25, 0.3) is 0 Å². The lowest BCUT2D eigenvalue weighted by atomic mass is 10.1. The molecule has 0 saturated carbocycles. The summed E-state index contributed by atoms with van der Waals surface area (Å²) in [6, 6.07) is 19.8.